The first-order valence-electron chi connectivity index (χ1n) is 14.5. The van der Waals surface area contributed by atoms with Crippen LogP contribution in [0.2, 0.25) is 18.1 Å². The molecule has 0 unspecified atom stereocenters. The van der Waals surface area contributed by atoms with Gasteiger partial charge in [-0.3, -0.25) is 19.1 Å². The van der Waals surface area contributed by atoms with Gasteiger partial charge in [0.15, 0.2) is 5.82 Å². The molecule has 1 aliphatic rings. The van der Waals surface area contributed by atoms with Gasteiger partial charge in [0.05, 0.1) is 24.9 Å². The molecule has 0 saturated carbocycles. The number of aliphatic imine (C=N–C) groups is 1. The molecule has 4 aromatic rings. The zero-order valence-electron chi connectivity index (χ0n) is 25.5. The highest BCUT2D eigenvalue weighted by Crippen LogP contribution is 2.34. The Morgan fingerprint density at radius 2 is 1.67 bits per heavy atom. The first-order chi connectivity index (χ1) is 21.5. The third kappa shape index (κ3) is 7.77. The third-order valence-corrected chi connectivity index (χ3v) is 8.17. The number of amides is 2. The second kappa shape index (κ2) is 13.6. The molecule has 1 atom stereocenters. The normalized spacial score (nSPS) is 14.0. The number of ether oxygens (including phenoxy) is 2. The van der Waals surface area contributed by atoms with Gasteiger partial charge in [0.2, 0.25) is 14.2 Å². The standard InChI is InChI=1S/C32H35ClN6O5Si/c1-20-37-38-31-27(18-29(40)34-15-16-35-32(41)22-7-11-24(12-8-22)44-19-45(3,4)42)36-30(21-5-9-23(33)10-6-21)26-17-25(43-2)13-14-28(26)39(20)31/h5-14,17,27,42H,15-16,18-19H2,1-4H3,(H,34,40)(H,35,41)/t27-/m0/s1. The van der Waals surface area contributed by atoms with Gasteiger partial charge in [0.1, 0.15) is 29.6 Å². The SMILES string of the molecule is COc1ccc2c(c1)C(c1ccc(Cl)cc1)=N[C@@H](CC(=O)NCCNC(=O)c1ccc(OC[Si](C)(C)O)cc1)c1nnc(C)n1-2. The van der Waals surface area contributed by atoms with Crippen LogP contribution in [0.4, 0.5) is 0 Å². The lowest BCUT2D eigenvalue weighted by atomic mass is 10.00. The fourth-order valence-electron chi connectivity index (χ4n) is 4.87. The van der Waals surface area contributed by atoms with Crippen LogP contribution in [0, 0.1) is 6.92 Å². The Kier molecular flexibility index (Phi) is 9.66. The number of nitrogens with zero attached hydrogens (tertiary/aromatic N) is 4. The molecule has 45 heavy (non-hydrogen) atoms. The monoisotopic (exact) mass is 646 g/mol. The Morgan fingerprint density at radius 3 is 2.36 bits per heavy atom. The summed E-state index contributed by atoms with van der Waals surface area (Å²) in [7, 11) is -0.732. The number of methoxy groups -OCH3 is 1. The summed E-state index contributed by atoms with van der Waals surface area (Å²) in [6.45, 7) is 5.90. The molecule has 1 aromatic heterocycles. The molecule has 5 rings (SSSR count). The number of aryl methyl sites for hydroxylation is 1. The maximum atomic E-state index is 13.2. The van der Waals surface area contributed by atoms with Gasteiger partial charge in [0, 0.05) is 34.8 Å². The number of benzene rings is 3. The average Bonchev–Trinajstić information content (AvgIpc) is 3.35. The fraction of sp³-hybridized carbons (Fsp3) is 0.281. The van der Waals surface area contributed by atoms with Crippen LogP contribution in [0.25, 0.3) is 5.69 Å². The van der Waals surface area contributed by atoms with Crippen LogP contribution < -0.4 is 20.1 Å². The van der Waals surface area contributed by atoms with Crippen LogP contribution in [0.15, 0.2) is 71.7 Å². The summed E-state index contributed by atoms with van der Waals surface area (Å²) in [4.78, 5) is 40.8. The zero-order valence-corrected chi connectivity index (χ0v) is 27.3. The third-order valence-electron chi connectivity index (χ3n) is 7.07. The minimum Gasteiger partial charge on any atom is -0.497 e. The fourth-order valence-corrected chi connectivity index (χ4v) is 5.51. The second-order valence-electron chi connectivity index (χ2n) is 11.3. The Bertz CT molecular complexity index is 1720. The van der Waals surface area contributed by atoms with E-state index in [0.717, 1.165) is 16.8 Å². The second-order valence-corrected chi connectivity index (χ2v) is 15.6. The number of fused-ring (bicyclic) bond motifs is 3. The highest BCUT2D eigenvalue weighted by atomic mass is 35.5. The maximum Gasteiger partial charge on any atom is 0.251 e. The Hall–Kier alpha value is -4.52. The average molecular weight is 647 g/mol. The van der Waals surface area contributed by atoms with Crippen LogP contribution in [0.3, 0.4) is 0 Å². The number of carbonyl (C=O) groups is 2. The van der Waals surface area contributed by atoms with Gasteiger partial charge in [-0.05, 0) is 74.6 Å². The predicted octanol–water partition coefficient (Wildman–Crippen LogP) is 4.18. The van der Waals surface area contributed by atoms with Gasteiger partial charge in [-0.15, -0.1) is 10.2 Å². The van der Waals surface area contributed by atoms with Gasteiger partial charge in [0.25, 0.3) is 5.91 Å². The Morgan fingerprint density at radius 1 is 0.978 bits per heavy atom. The van der Waals surface area contributed by atoms with Crippen molar-refractivity contribution in [3.8, 4) is 17.2 Å². The summed E-state index contributed by atoms with van der Waals surface area (Å²) < 4.78 is 13.0. The smallest absolute Gasteiger partial charge is 0.251 e. The molecule has 2 heterocycles. The topological polar surface area (TPSA) is 140 Å². The number of rotatable bonds is 11. The molecule has 11 nitrogen and oxygen atoms in total. The molecule has 3 N–H and O–H groups in total. The number of aromatic nitrogens is 3. The first-order valence-corrected chi connectivity index (χ1v) is 18.0. The van der Waals surface area contributed by atoms with E-state index in [1.807, 2.05) is 41.8 Å². The number of hydrogen-bond donors (Lipinski definition) is 3. The quantitative estimate of drug-likeness (QED) is 0.164. The lowest BCUT2D eigenvalue weighted by molar-refractivity contribution is -0.121. The summed E-state index contributed by atoms with van der Waals surface area (Å²) in [5.41, 5.74) is 3.60. The van der Waals surface area contributed by atoms with Crippen LogP contribution in [0.5, 0.6) is 11.5 Å². The van der Waals surface area contributed by atoms with Gasteiger partial charge in [-0.25, -0.2) is 0 Å². The highest BCUT2D eigenvalue weighted by Gasteiger charge is 2.30. The van der Waals surface area contributed by atoms with Crippen molar-refractivity contribution in [3.63, 3.8) is 0 Å². The molecule has 0 bridgehead atoms. The molecule has 3 aromatic carbocycles. The van der Waals surface area contributed by atoms with Crippen LogP contribution in [-0.2, 0) is 4.79 Å². The van der Waals surface area contributed by atoms with Crippen LogP contribution in [0.1, 0.15) is 45.6 Å². The molecule has 2 amide bonds. The van der Waals surface area contributed by atoms with Crippen molar-refractivity contribution in [2.45, 2.75) is 32.5 Å². The number of nitrogens with one attached hydrogen (secondary N) is 2. The number of carbonyl (C=O) groups excluding carboxylic acids is 2. The molecule has 0 radical (unpaired) electrons. The molecule has 0 fully saturated rings. The van der Waals surface area contributed by atoms with Crippen LogP contribution >= 0.6 is 11.6 Å². The summed E-state index contributed by atoms with van der Waals surface area (Å²) in [5, 5.41) is 15.0. The minimum absolute atomic E-state index is 0.0171. The Balaban J connectivity index is 1.27. The Labute approximate surface area is 267 Å². The van der Waals surface area contributed by atoms with E-state index in [9.17, 15) is 14.4 Å². The molecule has 234 valence electrons. The minimum atomic E-state index is -2.34. The van der Waals surface area contributed by atoms with E-state index >= 15 is 0 Å². The lowest BCUT2D eigenvalue weighted by Crippen LogP contribution is -2.35. The number of halogens is 1. The van der Waals surface area contributed by atoms with E-state index < -0.39 is 14.4 Å². The first kappa shape index (κ1) is 31.9. The van der Waals surface area contributed by atoms with Crippen molar-refractivity contribution in [3.05, 3.63) is 100 Å². The van der Waals surface area contributed by atoms with E-state index in [2.05, 4.69) is 20.8 Å². The molecular weight excluding hydrogens is 612 g/mol. The summed E-state index contributed by atoms with van der Waals surface area (Å²) >= 11 is 6.18. The summed E-state index contributed by atoms with van der Waals surface area (Å²) in [6, 6.07) is 19.1. The van der Waals surface area contributed by atoms with Crippen molar-refractivity contribution in [1.82, 2.24) is 25.4 Å². The van der Waals surface area contributed by atoms with Gasteiger partial charge >= 0.3 is 0 Å². The van der Waals surface area contributed by atoms with E-state index in [1.54, 1.807) is 56.6 Å². The highest BCUT2D eigenvalue weighted by molar-refractivity contribution is 6.69. The van der Waals surface area contributed by atoms with E-state index in [-0.39, 0.29) is 37.6 Å². The van der Waals surface area contributed by atoms with Gasteiger partial charge < -0.3 is 24.9 Å². The molecule has 0 spiro atoms. The molecule has 13 heteroatoms. The van der Waals surface area contributed by atoms with E-state index in [4.69, 9.17) is 26.1 Å². The summed E-state index contributed by atoms with van der Waals surface area (Å²) in [5.74, 6) is 1.94. The van der Waals surface area contributed by atoms with Gasteiger partial charge in [-0.1, -0.05) is 23.7 Å². The number of hydrogen-bond acceptors (Lipinski definition) is 8. The van der Waals surface area contributed by atoms with Crippen molar-refractivity contribution < 1.29 is 23.9 Å². The van der Waals surface area contributed by atoms with Crippen molar-refractivity contribution >= 4 is 37.4 Å². The molecule has 0 saturated heterocycles. The summed E-state index contributed by atoms with van der Waals surface area (Å²) in [6.07, 6.45) is 0.287. The van der Waals surface area contributed by atoms with E-state index in [0.29, 0.717) is 39.4 Å². The lowest BCUT2D eigenvalue weighted by Gasteiger charge is -2.15. The van der Waals surface area contributed by atoms with Crippen LogP contribution in [-0.4, -0.2) is 71.8 Å². The largest absolute Gasteiger partial charge is 0.497 e. The van der Waals surface area contributed by atoms with Crippen molar-refractivity contribution in [2.75, 3.05) is 26.4 Å². The molecular formula is C32H35ClN6O5Si. The molecule has 0 aliphatic carbocycles. The predicted molar refractivity (Wildman–Crippen MR) is 174 cm³/mol. The maximum absolute atomic E-state index is 13.2. The van der Waals surface area contributed by atoms with E-state index in [1.165, 1.54) is 0 Å². The van der Waals surface area contributed by atoms with Crippen molar-refractivity contribution in [2.24, 2.45) is 4.99 Å². The van der Waals surface area contributed by atoms with Gasteiger partial charge in [-0.2, -0.15) is 0 Å². The zero-order chi connectivity index (χ0) is 32.1. The van der Waals surface area contributed by atoms with Crippen molar-refractivity contribution in [1.29, 1.82) is 0 Å². The molecule has 1 aliphatic heterocycles.